The van der Waals surface area contributed by atoms with E-state index >= 15 is 8.78 Å². The SMILES string of the molecule is C#Cc1c(F)ccc2cc(O)cc(-c3nc4c5c(nc(OC[C@@]67CCCN6C[C@H](F)C7)nc5c3F)N3C[C@H]5CC[C@H](N5)[C@@H]3C[C@H]4C)c12. The Morgan fingerprint density at radius 2 is 2.02 bits per heavy atom. The highest BCUT2D eigenvalue weighted by Crippen LogP contribution is 2.47. The van der Waals surface area contributed by atoms with Gasteiger partial charge in [-0.15, -0.1) is 6.42 Å². The Morgan fingerprint density at radius 3 is 2.87 bits per heavy atom. The Bertz CT molecular complexity index is 2020. The fourth-order valence-electron chi connectivity index (χ4n) is 9.27. The molecular formula is C36H35F3N6O2. The maximum absolute atomic E-state index is 17.2. The highest BCUT2D eigenvalue weighted by Gasteiger charge is 2.50. The Morgan fingerprint density at radius 1 is 1.15 bits per heavy atom. The van der Waals surface area contributed by atoms with Crippen LogP contribution in [-0.4, -0.2) is 81.0 Å². The van der Waals surface area contributed by atoms with Gasteiger partial charge in [0.05, 0.1) is 22.2 Å². The summed E-state index contributed by atoms with van der Waals surface area (Å²) in [5.74, 6) is 1.43. The van der Waals surface area contributed by atoms with Gasteiger partial charge >= 0.3 is 6.01 Å². The predicted molar refractivity (Wildman–Crippen MR) is 172 cm³/mol. The molecule has 9 rings (SSSR count). The first-order valence-corrected chi connectivity index (χ1v) is 16.6. The number of fused-ring (bicyclic) bond motifs is 7. The smallest absolute Gasteiger partial charge is 0.319 e. The number of ether oxygens (including phenoxy) is 1. The van der Waals surface area contributed by atoms with Gasteiger partial charge in [0, 0.05) is 54.5 Å². The van der Waals surface area contributed by atoms with E-state index in [1.54, 1.807) is 0 Å². The Balaban J connectivity index is 1.27. The van der Waals surface area contributed by atoms with E-state index in [9.17, 15) is 9.50 Å². The number of phenols is 1. The van der Waals surface area contributed by atoms with Crippen molar-refractivity contribution in [2.24, 2.45) is 0 Å². The van der Waals surface area contributed by atoms with Gasteiger partial charge in [-0.25, -0.2) is 18.2 Å². The summed E-state index contributed by atoms with van der Waals surface area (Å²) >= 11 is 0. The molecule has 8 nitrogen and oxygen atoms in total. The van der Waals surface area contributed by atoms with Crippen LogP contribution in [0.25, 0.3) is 32.9 Å². The van der Waals surface area contributed by atoms with Gasteiger partial charge in [0.15, 0.2) is 5.82 Å². The minimum atomic E-state index is -0.914. The lowest BCUT2D eigenvalue weighted by molar-refractivity contribution is 0.107. The second-order valence-corrected chi connectivity index (χ2v) is 14.1. The third-order valence-electron chi connectivity index (χ3n) is 11.3. The monoisotopic (exact) mass is 640 g/mol. The summed E-state index contributed by atoms with van der Waals surface area (Å²) in [7, 11) is 0. The minimum absolute atomic E-state index is 0.0348. The molecule has 4 saturated heterocycles. The van der Waals surface area contributed by atoms with Gasteiger partial charge < -0.3 is 20.1 Å². The molecule has 11 heteroatoms. The van der Waals surface area contributed by atoms with Gasteiger partial charge in [0.2, 0.25) is 0 Å². The van der Waals surface area contributed by atoms with E-state index in [0.29, 0.717) is 47.8 Å². The summed E-state index contributed by atoms with van der Waals surface area (Å²) in [4.78, 5) is 19.1. The molecule has 6 atom stereocenters. The second-order valence-electron chi connectivity index (χ2n) is 14.1. The molecule has 4 aromatic rings. The van der Waals surface area contributed by atoms with E-state index in [2.05, 4.69) is 28.0 Å². The standard InChI is InChI=1S/C36H35F3N6O2/c1-3-23-25(38)7-5-19-12-22(46)13-24(28(19)23)32-30(39)33-29-31(41-32)18(2)11-27-26-8-6-21(40-26)16-45(27)34(29)43-35(42-33)47-17-36-9-4-10-44(36)15-20(37)14-36/h1,5,7,12-13,18,20-21,26-27,40,46H,4,6,8-11,14-17H2,2H3/t18-,20-,21-,26+,27+,36+/m1/s1. The number of aromatic nitrogens is 3. The van der Waals surface area contributed by atoms with Crippen LogP contribution in [0.4, 0.5) is 19.0 Å². The van der Waals surface area contributed by atoms with Crippen LogP contribution in [0.15, 0.2) is 24.3 Å². The Labute approximate surface area is 270 Å². The number of halogens is 3. The molecule has 2 aromatic carbocycles. The van der Waals surface area contributed by atoms with Gasteiger partial charge in [0.1, 0.15) is 41.4 Å². The van der Waals surface area contributed by atoms with Gasteiger partial charge in [0.25, 0.3) is 0 Å². The molecule has 0 aliphatic carbocycles. The zero-order valence-electron chi connectivity index (χ0n) is 26.1. The van der Waals surface area contributed by atoms with Crippen LogP contribution in [0, 0.1) is 24.0 Å². The molecule has 4 fully saturated rings. The van der Waals surface area contributed by atoms with Gasteiger partial charge in [-0.2, -0.15) is 9.97 Å². The van der Waals surface area contributed by atoms with E-state index < -0.39 is 23.3 Å². The zero-order chi connectivity index (χ0) is 32.2. The molecule has 0 radical (unpaired) electrons. The zero-order valence-corrected chi connectivity index (χ0v) is 26.1. The molecule has 242 valence electrons. The number of hydrogen-bond donors (Lipinski definition) is 2. The maximum atomic E-state index is 17.2. The largest absolute Gasteiger partial charge is 0.508 e. The van der Waals surface area contributed by atoms with E-state index in [4.69, 9.17) is 26.1 Å². The molecule has 0 spiro atoms. The first-order valence-electron chi connectivity index (χ1n) is 16.6. The fourth-order valence-corrected chi connectivity index (χ4v) is 9.27. The van der Waals surface area contributed by atoms with Crippen molar-refractivity contribution in [2.75, 3.05) is 31.1 Å². The van der Waals surface area contributed by atoms with E-state index in [0.717, 1.165) is 38.6 Å². The lowest BCUT2D eigenvalue weighted by Gasteiger charge is -2.41. The van der Waals surface area contributed by atoms with Crippen molar-refractivity contribution in [3.63, 3.8) is 0 Å². The lowest BCUT2D eigenvalue weighted by atomic mass is 9.91. The summed E-state index contributed by atoms with van der Waals surface area (Å²) in [5, 5.41) is 15.8. The van der Waals surface area contributed by atoms with Crippen molar-refractivity contribution in [2.45, 2.75) is 81.2 Å². The number of terminal acetylenes is 1. The normalized spacial score (nSPS) is 29.6. The number of nitrogens with zero attached hydrogens (tertiary/aromatic N) is 5. The van der Waals surface area contributed by atoms with E-state index in [1.165, 1.54) is 24.3 Å². The number of benzene rings is 2. The van der Waals surface area contributed by atoms with Gasteiger partial charge in [-0.3, -0.25) is 4.90 Å². The molecule has 2 aromatic heterocycles. The number of anilines is 1. The fraction of sp³-hybridized carbons (Fsp3) is 0.472. The van der Waals surface area contributed by atoms with Crippen LogP contribution in [-0.2, 0) is 0 Å². The van der Waals surface area contributed by atoms with Crippen molar-refractivity contribution in [1.82, 2.24) is 25.2 Å². The van der Waals surface area contributed by atoms with Crippen LogP contribution >= 0.6 is 0 Å². The van der Waals surface area contributed by atoms with E-state index in [1.807, 2.05) is 0 Å². The molecule has 0 saturated carbocycles. The number of alkyl halides is 1. The van der Waals surface area contributed by atoms with Crippen LogP contribution < -0.4 is 15.0 Å². The predicted octanol–water partition coefficient (Wildman–Crippen LogP) is 5.58. The number of pyridine rings is 1. The summed E-state index contributed by atoms with van der Waals surface area (Å²) in [6.45, 7) is 4.21. The van der Waals surface area contributed by atoms with Gasteiger partial charge in [-0.1, -0.05) is 18.9 Å². The van der Waals surface area contributed by atoms with Crippen molar-refractivity contribution in [3.05, 3.63) is 47.2 Å². The van der Waals surface area contributed by atoms with E-state index in [-0.39, 0.29) is 64.1 Å². The third-order valence-corrected chi connectivity index (χ3v) is 11.3. The lowest BCUT2D eigenvalue weighted by Crippen LogP contribution is -2.58. The maximum Gasteiger partial charge on any atom is 0.319 e. The Hall–Kier alpha value is -4.14. The number of phenolic OH excluding ortho intramolecular Hbond substituents is 1. The van der Waals surface area contributed by atoms with Crippen LogP contribution in [0.2, 0.25) is 0 Å². The number of piperazine rings is 1. The van der Waals surface area contributed by atoms with Crippen molar-refractivity contribution >= 4 is 27.5 Å². The Kier molecular flexibility index (Phi) is 6.44. The molecule has 2 N–H and O–H groups in total. The van der Waals surface area contributed by atoms with Crippen LogP contribution in [0.1, 0.15) is 62.6 Å². The number of rotatable bonds is 4. The number of nitrogens with one attached hydrogen (secondary N) is 1. The molecule has 2 bridgehead atoms. The number of hydrogen-bond acceptors (Lipinski definition) is 8. The quantitative estimate of drug-likeness (QED) is 0.280. The van der Waals surface area contributed by atoms with Crippen molar-refractivity contribution in [1.29, 1.82) is 0 Å². The average Bonchev–Trinajstić information content (AvgIpc) is 3.70. The molecule has 5 aliphatic rings. The second kappa shape index (κ2) is 10.4. The summed E-state index contributed by atoms with van der Waals surface area (Å²) in [6.07, 6.45) is 9.88. The molecule has 0 unspecified atom stereocenters. The molecular weight excluding hydrogens is 605 g/mol. The minimum Gasteiger partial charge on any atom is -0.508 e. The topological polar surface area (TPSA) is 86.6 Å². The average molecular weight is 641 g/mol. The van der Waals surface area contributed by atoms with Crippen LogP contribution in [0.5, 0.6) is 11.8 Å². The first kappa shape index (κ1) is 29.0. The molecule has 5 aliphatic heterocycles. The molecule has 47 heavy (non-hydrogen) atoms. The number of aromatic hydroxyl groups is 1. The highest BCUT2D eigenvalue weighted by molar-refractivity contribution is 6.03. The van der Waals surface area contributed by atoms with Crippen molar-refractivity contribution < 1.29 is 23.0 Å². The van der Waals surface area contributed by atoms with Gasteiger partial charge in [-0.05, 0) is 62.2 Å². The van der Waals surface area contributed by atoms with Crippen LogP contribution in [0.3, 0.4) is 0 Å². The summed E-state index contributed by atoms with van der Waals surface area (Å²) < 4.78 is 53.1. The molecule has 7 heterocycles. The highest BCUT2D eigenvalue weighted by atomic mass is 19.1. The first-order chi connectivity index (χ1) is 22.7. The summed E-state index contributed by atoms with van der Waals surface area (Å²) in [6, 6.07) is 6.28. The third kappa shape index (κ3) is 4.34. The summed E-state index contributed by atoms with van der Waals surface area (Å²) in [5.41, 5.74) is 0.326. The van der Waals surface area contributed by atoms with Crippen molar-refractivity contribution in [3.8, 4) is 35.4 Å². The molecule has 0 amide bonds.